The highest BCUT2D eigenvalue weighted by molar-refractivity contribution is 7.98. The maximum Gasteiger partial charge on any atom is 0.196 e. The molecule has 0 aliphatic heterocycles. The highest BCUT2D eigenvalue weighted by Gasteiger charge is 2.18. The molecule has 29 heavy (non-hydrogen) atoms. The molecule has 0 aliphatic rings. The minimum Gasteiger partial charge on any atom is -0.270 e. The third-order valence-electron chi connectivity index (χ3n) is 4.28. The van der Waals surface area contributed by atoms with Crippen LogP contribution in [-0.4, -0.2) is 14.8 Å². The number of benzene rings is 3. The molecule has 4 nitrogen and oxygen atoms in total. The van der Waals surface area contributed by atoms with Gasteiger partial charge in [-0.3, -0.25) is 4.57 Å². The molecule has 0 N–H and O–H groups in total. The summed E-state index contributed by atoms with van der Waals surface area (Å²) in [5.74, 6) is 1.36. The Morgan fingerprint density at radius 3 is 2.31 bits per heavy atom. The normalized spacial score (nSPS) is 10.7. The van der Waals surface area contributed by atoms with Crippen LogP contribution < -0.4 is 0 Å². The first kappa shape index (κ1) is 19.5. The Hall–Kier alpha value is -2.78. The summed E-state index contributed by atoms with van der Waals surface area (Å²) in [5.41, 5.74) is 3.45. The average Bonchev–Trinajstić information content (AvgIpc) is 3.17. The van der Waals surface area contributed by atoms with Gasteiger partial charge in [-0.05, 0) is 54.1 Å². The number of hydrogen-bond acceptors (Lipinski definition) is 4. The molecule has 4 aromatic rings. The van der Waals surface area contributed by atoms with Gasteiger partial charge in [0.1, 0.15) is 0 Å². The zero-order valence-corrected chi connectivity index (χ0v) is 17.4. The lowest BCUT2D eigenvalue weighted by Crippen LogP contribution is -2.00. The molecule has 0 fully saturated rings. The molecule has 0 amide bonds. The Morgan fingerprint density at radius 1 is 0.897 bits per heavy atom. The molecule has 3 aromatic carbocycles. The summed E-state index contributed by atoms with van der Waals surface area (Å²) in [6, 6.07) is 24.8. The van der Waals surface area contributed by atoms with Crippen molar-refractivity contribution in [3.05, 3.63) is 94.0 Å². The van der Waals surface area contributed by atoms with E-state index in [0.29, 0.717) is 27.2 Å². The molecule has 0 spiro atoms. The minimum atomic E-state index is 0.610. The molecule has 0 radical (unpaired) electrons. The van der Waals surface area contributed by atoms with Gasteiger partial charge < -0.3 is 0 Å². The number of nitriles is 1. The number of thioether (sulfide) groups is 1. The van der Waals surface area contributed by atoms with Crippen molar-refractivity contribution in [2.24, 2.45) is 0 Å². The zero-order valence-electron chi connectivity index (χ0n) is 15.1. The largest absolute Gasteiger partial charge is 0.270 e. The fraction of sp³-hybridized carbons (Fsp3) is 0.0455. The molecule has 0 saturated heterocycles. The van der Waals surface area contributed by atoms with Gasteiger partial charge in [0.05, 0.1) is 16.7 Å². The molecule has 0 atom stereocenters. The van der Waals surface area contributed by atoms with Gasteiger partial charge >= 0.3 is 0 Å². The van der Waals surface area contributed by atoms with Crippen LogP contribution in [0.4, 0.5) is 0 Å². The van der Waals surface area contributed by atoms with E-state index in [1.54, 1.807) is 11.8 Å². The number of hydrogen-bond donors (Lipinski definition) is 0. The van der Waals surface area contributed by atoms with Crippen molar-refractivity contribution in [3.63, 3.8) is 0 Å². The summed E-state index contributed by atoms with van der Waals surface area (Å²) < 4.78 is 1.98. The van der Waals surface area contributed by atoms with Gasteiger partial charge in [0.25, 0.3) is 0 Å². The van der Waals surface area contributed by atoms with Crippen molar-refractivity contribution in [1.29, 1.82) is 5.26 Å². The Labute approximate surface area is 182 Å². The van der Waals surface area contributed by atoms with E-state index in [-0.39, 0.29) is 0 Å². The lowest BCUT2D eigenvalue weighted by molar-refractivity contribution is 0.886. The SMILES string of the molecule is N#Cc1ccc(CSc2nnc(-c3ccccc3Cl)n2-c2ccc(Cl)cc2)cc1. The van der Waals surface area contributed by atoms with Crippen LogP contribution in [0.15, 0.2) is 78.0 Å². The van der Waals surface area contributed by atoms with E-state index in [2.05, 4.69) is 16.3 Å². The Morgan fingerprint density at radius 2 is 1.62 bits per heavy atom. The summed E-state index contributed by atoms with van der Waals surface area (Å²) in [7, 11) is 0. The first-order chi connectivity index (χ1) is 14.2. The molecular weight excluding hydrogens is 423 g/mol. The van der Waals surface area contributed by atoms with Crippen LogP contribution in [0.1, 0.15) is 11.1 Å². The van der Waals surface area contributed by atoms with E-state index in [1.165, 1.54) is 0 Å². The minimum absolute atomic E-state index is 0.610. The summed E-state index contributed by atoms with van der Waals surface area (Å²) in [6.45, 7) is 0. The standard InChI is InChI=1S/C22H14Cl2N4S/c23-17-9-11-18(12-10-17)28-21(19-3-1-2-4-20(19)24)26-27-22(28)29-14-16-7-5-15(13-25)6-8-16/h1-12H,14H2. The van der Waals surface area contributed by atoms with E-state index in [4.69, 9.17) is 28.5 Å². The Bertz CT molecular complexity index is 1180. The fourth-order valence-corrected chi connectivity index (χ4v) is 4.08. The maximum absolute atomic E-state index is 8.95. The smallest absolute Gasteiger partial charge is 0.196 e. The zero-order chi connectivity index (χ0) is 20.2. The van der Waals surface area contributed by atoms with E-state index >= 15 is 0 Å². The highest BCUT2D eigenvalue weighted by atomic mass is 35.5. The van der Waals surface area contributed by atoms with Gasteiger partial charge in [-0.1, -0.05) is 59.2 Å². The lowest BCUT2D eigenvalue weighted by Gasteiger charge is -2.11. The average molecular weight is 437 g/mol. The fourth-order valence-electron chi connectivity index (χ4n) is 2.83. The predicted octanol–water partition coefficient (Wildman–Crippen LogP) is 6.41. The topological polar surface area (TPSA) is 54.5 Å². The molecule has 0 unspecified atom stereocenters. The van der Waals surface area contributed by atoms with Crippen LogP contribution in [0, 0.1) is 11.3 Å². The van der Waals surface area contributed by atoms with Crippen LogP contribution >= 0.6 is 35.0 Å². The molecule has 7 heteroatoms. The molecule has 142 valence electrons. The van der Waals surface area contributed by atoms with Crippen molar-refractivity contribution < 1.29 is 0 Å². The first-order valence-electron chi connectivity index (χ1n) is 8.74. The molecule has 1 aromatic heterocycles. The second kappa shape index (κ2) is 8.71. The summed E-state index contributed by atoms with van der Waals surface area (Å²) in [4.78, 5) is 0. The van der Waals surface area contributed by atoms with E-state index in [0.717, 1.165) is 22.0 Å². The van der Waals surface area contributed by atoms with Gasteiger partial charge in [-0.2, -0.15) is 5.26 Å². The van der Waals surface area contributed by atoms with Gasteiger partial charge in [-0.15, -0.1) is 10.2 Å². The monoisotopic (exact) mass is 436 g/mol. The van der Waals surface area contributed by atoms with Crippen molar-refractivity contribution >= 4 is 35.0 Å². The van der Waals surface area contributed by atoms with Crippen LogP contribution in [0.5, 0.6) is 0 Å². The Kier molecular flexibility index (Phi) is 5.86. The first-order valence-corrected chi connectivity index (χ1v) is 10.5. The quantitative estimate of drug-likeness (QED) is 0.339. The summed E-state index contributed by atoms with van der Waals surface area (Å²) in [6.07, 6.45) is 0. The van der Waals surface area contributed by atoms with Crippen LogP contribution in [-0.2, 0) is 5.75 Å². The van der Waals surface area contributed by atoms with E-state index in [9.17, 15) is 0 Å². The second-order valence-electron chi connectivity index (χ2n) is 6.20. The van der Waals surface area contributed by atoms with Gasteiger partial charge in [-0.25, -0.2) is 0 Å². The van der Waals surface area contributed by atoms with Gasteiger partial charge in [0, 0.05) is 22.0 Å². The lowest BCUT2D eigenvalue weighted by atomic mass is 10.2. The predicted molar refractivity (Wildman–Crippen MR) is 118 cm³/mol. The number of halogens is 2. The molecule has 0 aliphatic carbocycles. The summed E-state index contributed by atoms with van der Waals surface area (Å²) >= 11 is 14.1. The number of rotatable bonds is 5. The van der Waals surface area contributed by atoms with Crippen molar-refractivity contribution in [2.45, 2.75) is 10.9 Å². The van der Waals surface area contributed by atoms with Crippen molar-refractivity contribution in [1.82, 2.24) is 14.8 Å². The molecule has 0 bridgehead atoms. The van der Waals surface area contributed by atoms with Crippen molar-refractivity contribution in [2.75, 3.05) is 0 Å². The van der Waals surface area contributed by atoms with E-state index < -0.39 is 0 Å². The maximum atomic E-state index is 8.95. The van der Waals surface area contributed by atoms with Crippen LogP contribution in [0.3, 0.4) is 0 Å². The number of nitrogens with zero attached hydrogens (tertiary/aromatic N) is 4. The third kappa shape index (κ3) is 4.30. The number of aromatic nitrogens is 3. The Balaban J connectivity index is 1.72. The second-order valence-corrected chi connectivity index (χ2v) is 7.98. The molecule has 1 heterocycles. The van der Waals surface area contributed by atoms with Gasteiger partial charge in [0.2, 0.25) is 0 Å². The van der Waals surface area contributed by atoms with Gasteiger partial charge in [0.15, 0.2) is 11.0 Å². The van der Waals surface area contributed by atoms with Crippen LogP contribution in [0.2, 0.25) is 10.0 Å². The molecular formula is C22H14Cl2N4S. The molecule has 4 rings (SSSR count). The van der Waals surface area contributed by atoms with Crippen LogP contribution in [0.25, 0.3) is 17.1 Å². The van der Waals surface area contributed by atoms with Crippen molar-refractivity contribution in [3.8, 4) is 23.1 Å². The summed E-state index contributed by atoms with van der Waals surface area (Å²) in [5, 5.41) is 19.8. The molecule has 0 saturated carbocycles. The van der Waals surface area contributed by atoms with E-state index in [1.807, 2.05) is 77.4 Å². The highest BCUT2D eigenvalue weighted by Crippen LogP contribution is 2.33. The third-order valence-corrected chi connectivity index (χ3v) is 5.87.